The second-order valence-electron chi connectivity index (χ2n) is 5.60. The highest BCUT2D eigenvalue weighted by Crippen LogP contribution is 2.17. The summed E-state index contributed by atoms with van der Waals surface area (Å²) in [6.07, 6.45) is 8.27. The van der Waals surface area contributed by atoms with E-state index in [1.54, 1.807) is 36.5 Å². The van der Waals surface area contributed by atoms with Crippen LogP contribution in [0.2, 0.25) is 5.02 Å². The van der Waals surface area contributed by atoms with Gasteiger partial charge in [-0.1, -0.05) is 23.7 Å². The van der Waals surface area contributed by atoms with Gasteiger partial charge in [0.2, 0.25) is 11.8 Å². The summed E-state index contributed by atoms with van der Waals surface area (Å²) in [5, 5.41) is 0.680. The zero-order valence-corrected chi connectivity index (χ0v) is 13.9. The van der Waals surface area contributed by atoms with Gasteiger partial charge in [0.1, 0.15) is 12.4 Å². The molecule has 0 bridgehead atoms. The Labute approximate surface area is 145 Å². The zero-order valence-electron chi connectivity index (χ0n) is 13.1. The molecule has 2 heterocycles. The smallest absolute Gasteiger partial charge is 0.246 e. The van der Waals surface area contributed by atoms with Gasteiger partial charge in [-0.05, 0) is 36.6 Å². The molecule has 0 saturated carbocycles. The quantitative estimate of drug-likeness (QED) is 0.800. The maximum atomic E-state index is 12.4. The summed E-state index contributed by atoms with van der Waals surface area (Å²) in [6.45, 7) is 1.31. The number of carbonyl (C=O) groups is 1. The zero-order chi connectivity index (χ0) is 16.8. The SMILES string of the molecule is O=C(/C=C/c1ccc(Cl)cc1)N1CCCC(Oc2ccncn2)C1. The Morgan fingerprint density at radius 3 is 2.88 bits per heavy atom. The third kappa shape index (κ3) is 4.55. The molecule has 1 atom stereocenters. The lowest BCUT2D eigenvalue weighted by Gasteiger charge is -2.31. The summed E-state index contributed by atoms with van der Waals surface area (Å²) in [4.78, 5) is 22.1. The highest BCUT2D eigenvalue weighted by Gasteiger charge is 2.23. The van der Waals surface area contributed by atoms with Crippen molar-refractivity contribution in [2.75, 3.05) is 13.1 Å². The monoisotopic (exact) mass is 343 g/mol. The van der Waals surface area contributed by atoms with E-state index in [0.29, 0.717) is 17.4 Å². The Kier molecular flexibility index (Phi) is 5.43. The molecule has 1 aliphatic rings. The van der Waals surface area contributed by atoms with E-state index >= 15 is 0 Å². The molecule has 1 amide bonds. The molecule has 2 aromatic rings. The Hall–Kier alpha value is -2.40. The van der Waals surface area contributed by atoms with E-state index in [2.05, 4.69) is 9.97 Å². The fraction of sp³-hybridized carbons (Fsp3) is 0.278. The second kappa shape index (κ2) is 7.93. The molecule has 1 saturated heterocycles. The largest absolute Gasteiger partial charge is 0.472 e. The third-order valence-corrected chi connectivity index (χ3v) is 4.07. The maximum absolute atomic E-state index is 12.4. The summed E-state index contributed by atoms with van der Waals surface area (Å²) < 4.78 is 5.83. The van der Waals surface area contributed by atoms with Crippen molar-refractivity contribution in [2.24, 2.45) is 0 Å². The van der Waals surface area contributed by atoms with E-state index in [-0.39, 0.29) is 12.0 Å². The topological polar surface area (TPSA) is 55.3 Å². The minimum atomic E-state index is -0.0402. The number of carbonyl (C=O) groups excluding carboxylic acids is 1. The standard InChI is InChI=1S/C18H18ClN3O2/c19-15-6-3-14(4-7-15)5-8-18(23)22-11-1-2-16(12-22)24-17-9-10-20-13-21-17/h3-10,13,16H,1-2,11-12H2/b8-5+. The molecule has 0 radical (unpaired) electrons. The fourth-order valence-electron chi connectivity index (χ4n) is 2.60. The molecule has 124 valence electrons. The Morgan fingerprint density at radius 2 is 2.12 bits per heavy atom. The average molecular weight is 344 g/mol. The number of amides is 1. The predicted octanol–water partition coefficient (Wildman–Crippen LogP) is 3.21. The van der Waals surface area contributed by atoms with Crippen LogP contribution in [0, 0.1) is 0 Å². The van der Waals surface area contributed by atoms with Gasteiger partial charge in [-0.15, -0.1) is 0 Å². The number of benzene rings is 1. The molecule has 1 unspecified atom stereocenters. The highest BCUT2D eigenvalue weighted by atomic mass is 35.5. The van der Waals surface area contributed by atoms with Gasteiger partial charge in [-0.25, -0.2) is 9.97 Å². The van der Waals surface area contributed by atoms with Crippen LogP contribution in [0.4, 0.5) is 0 Å². The van der Waals surface area contributed by atoms with Crippen molar-refractivity contribution < 1.29 is 9.53 Å². The van der Waals surface area contributed by atoms with Gasteiger partial charge >= 0.3 is 0 Å². The van der Waals surface area contributed by atoms with Gasteiger partial charge in [0.05, 0.1) is 6.54 Å². The van der Waals surface area contributed by atoms with Crippen LogP contribution in [0.3, 0.4) is 0 Å². The average Bonchev–Trinajstić information content (AvgIpc) is 2.62. The van der Waals surface area contributed by atoms with Crippen molar-refractivity contribution in [3.8, 4) is 5.88 Å². The first-order valence-electron chi connectivity index (χ1n) is 7.86. The second-order valence-corrected chi connectivity index (χ2v) is 6.04. The minimum Gasteiger partial charge on any atom is -0.472 e. The number of piperidine rings is 1. The molecule has 1 aliphatic heterocycles. The van der Waals surface area contributed by atoms with Crippen LogP contribution in [-0.4, -0.2) is 40.0 Å². The van der Waals surface area contributed by atoms with Crippen LogP contribution >= 0.6 is 11.6 Å². The van der Waals surface area contributed by atoms with Crippen molar-refractivity contribution in [3.05, 3.63) is 59.5 Å². The normalized spacial score (nSPS) is 17.9. The lowest BCUT2D eigenvalue weighted by molar-refractivity contribution is -0.128. The van der Waals surface area contributed by atoms with Crippen LogP contribution in [0.1, 0.15) is 18.4 Å². The Balaban J connectivity index is 1.57. The summed E-state index contributed by atoms with van der Waals surface area (Å²) in [7, 11) is 0. The molecule has 1 aromatic carbocycles. The van der Waals surface area contributed by atoms with Crippen molar-refractivity contribution in [1.82, 2.24) is 14.9 Å². The van der Waals surface area contributed by atoms with E-state index in [0.717, 1.165) is 24.9 Å². The van der Waals surface area contributed by atoms with Gasteiger partial charge in [0, 0.05) is 29.9 Å². The number of hydrogen-bond acceptors (Lipinski definition) is 4. The molecule has 1 aromatic heterocycles. The van der Waals surface area contributed by atoms with Gasteiger partial charge in [0.25, 0.3) is 0 Å². The Morgan fingerprint density at radius 1 is 1.29 bits per heavy atom. The summed E-state index contributed by atoms with van der Waals surface area (Å²) in [5.74, 6) is 0.530. The number of likely N-dealkylation sites (tertiary alicyclic amines) is 1. The fourth-order valence-corrected chi connectivity index (χ4v) is 2.73. The van der Waals surface area contributed by atoms with Gasteiger partial charge in [-0.3, -0.25) is 4.79 Å². The first-order chi connectivity index (χ1) is 11.7. The lowest BCUT2D eigenvalue weighted by atomic mass is 10.1. The predicted molar refractivity (Wildman–Crippen MR) is 92.7 cm³/mol. The summed E-state index contributed by atoms with van der Waals surface area (Å²) in [5.41, 5.74) is 0.943. The van der Waals surface area contributed by atoms with Gasteiger partial charge < -0.3 is 9.64 Å². The molecule has 5 nitrogen and oxygen atoms in total. The van der Waals surface area contributed by atoms with E-state index in [9.17, 15) is 4.79 Å². The van der Waals surface area contributed by atoms with Crippen molar-refractivity contribution in [1.29, 1.82) is 0 Å². The molecule has 0 spiro atoms. The summed E-state index contributed by atoms with van der Waals surface area (Å²) >= 11 is 5.86. The lowest BCUT2D eigenvalue weighted by Crippen LogP contribution is -2.43. The van der Waals surface area contributed by atoms with Crippen molar-refractivity contribution in [3.63, 3.8) is 0 Å². The maximum Gasteiger partial charge on any atom is 0.246 e. The number of nitrogens with zero attached hydrogens (tertiary/aromatic N) is 3. The molecule has 3 rings (SSSR count). The first-order valence-corrected chi connectivity index (χ1v) is 8.24. The molecule has 0 N–H and O–H groups in total. The molecule has 1 fully saturated rings. The van der Waals surface area contributed by atoms with Crippen molar-refractivity contribution in [2.45, 2.75) is 18.9 Å². The first kappa shape index (κ1) is 16.5. The molecule has 0 aliphatic carbocycles. The third-order valence-electron chi connectivity index (χ3n) is 3.82. The van der Waals surface area contributed by atoms with Gasteiger partial charge in [0.15, 0.2) is 0 Å². The van der Waals surface area contributed by atoms with E-state index in [4.69, 9.17) is 16.3 Å². The summed E-state index contributed by atoms with van der Waals surface area (Å²) in [6, 6.07) is 9.09. The number of ether oxygens (including phenoxy) is 1. The van der Waals surface area contributed by atoms with Gasteiger partial charge in [-0.2, -0.15) is 0 Å². The number of rotatable bonds is 4. The van der Waals surface area contributed by atoms with E-state index < -0.39 is 0 Å². The number of aromatic nitrogens is 2. The molecular weight excluding hydrogens is 326 g/mol. The van der Waals surface area contributed by atoms with E-state index in [1.165, 1.54) is 6.33 Å². The highest BCUT2D eigenvalue weighted by molar-refractivity contribution is 6.30. The van der Waals surface area contributed by atoms with Crippen LogP contribution in [0.25, 0.3) is 6.08 Å². The molecular formula is C18H18ClN3O2. The minimum absolute atomic E-state index is 0.0130. The van der Waals surface area contributed by atoms with Crippen LogP contribution in [0.5, 0.6) is 5.88 Å². The van der Waals surface area contributed by atoms with Crippen LogP contribution in [0.15, 0.2) is 48.9 Å². The number of hydrogen-bond donors (Lipinski definition) is 0. The Bertz CT molecular complexity index is 704. The van der Waals surface area contributed by atoms with Crippen molar-refractivity contribution >= 4 is 23.6 Å². The van der Waals surface area contributed by atoms with Crippen LogP contribution < -0.4 is 4.74 Å². The number of halogens is 1. The van der Waals surface area contributed by atoms with Crippen LogP contribution in [-0.2, 0) is 4.79 Å². The molecule has 24 heavy (non-hydrogen) atoms. The molecule has 6 heteroatoms. The van der Waals surface area contributed by atoms with E-state index in [1.807, 2.05) is 17.0 Å².